The number of nitrogens with zero attached hydrogens (tertiary/aromatic N) is 1. The molecule has 0 heterocycles. The number of halogens is 1. The summed E-state index contributed by atoms with van der Waals surface area (Å²) in [6.07, 6.45) is 0.530. The molecule has 1 aromatic carbocycles. The van der Waals surface area contributed by atoms with Gasteiger partial charge in [0, 0.05) is 19.1 Å². The number of carbonyl (C=O) groups is 2. The third-order valence-electron chi connectivity index (χ3n) is 2.93. The zero-order chi connectivity index (χ0) is 18.2. The normalized spacial score (nSPS) is 10.9. The van der Waals surface area contributed by atoms with Gasteiger partial charge in [-0.1, -0.05) is 12.1 Å². The Kier molecular flexibility index (Phi) is 7.48. The minimum Gasteiger partial charge on any atom is -0.490 e. The Bertz CT molecular complexity index is 558. The fraction of sp³-hybridized carbons (Fsp3) is 0.529. The van der Waals surface area contributed by atoms with Crippen molar-refractivity contribution < 1.29 is 18.7 Å². The number of hydrogen-bond donors (Lipinski definition) is 2. The Morgan fingerprint density at radius 2 is 1.92 bits per heavy atom. The van der Waals surface area contributed by atoms with Crippen LogP contribution in [0.5, 0.6) is 5.75 Å². The van der Waals surface area contributed by atoms with Gasteiger partial charge >= 0.3 is 6.03 Å². The molecule has 0 saturated carbocycles. The fourth-order valence-corrected chi connectivity index (χ4v) is 1.89. The summed E-state index contributed by atoms with van der Waals surface area (Å²) in [5.41, 5.74) is -0.335. The molecule has 0 fully saturated rings. The molecule has 0 unspecified atom stereocenters. The molecule has 0 aliphatic rings. The molecule has 0 atom stereocenters. The molecular formula is C17H26FN3O3. The van der Waals surface area contributed by atoms with Crippen LogP contribution in [0, 0.1) is 5.82 Å². The highest BCUT2D eigenvalue weighted by Crippen LogP contribution is 2.15. The van der Waals surface area contributed by atoms with Crippen molar-refractivity contribution in [2.24, 2.45) is 0 Å². The van der Waals surface area contributed by atoms with Crippen molar-refractivity contribution in [2.75, 3.05) is 26.7 Å². The number of ether oxygens (including phenoxy) is 1. The van der Waals surface area contributed by atoms with E-state index < -0.39 is 5.82 Å². The lowest BCUT2D eigenvalue weighted by atomic mass is 10.1. The van der Waals surface area contributed by atoms with Crippen molar-refractivity contribution in [3.63, 3.8) is 0 Å². The van der Waals surface area contributed by atoms with Gasteiger partial charge in [-0.05, 0) is 39.3 Å². The summed E-state index contributed by atoms with van der Waals surface area (Å²) < 4.78 is 18.6. The van der Waals surface area contributed by atoms with Crippen molar-refractivity contribution in [3.8, 4) is 5.75 Å². The summed E-state index contributed by atoms with van der Waals surface area (Å²) in [6, 6.07) is 5.82. The van der Waals surface area contributed by atoms with E-state index in [1.54, 1.807) is 25.2 Å². The van der Waals surface area contributed by atoms with E-state index >= 15 is 0 Å². The number of likely N-dealkylation sites (N-methyl/N-ethyl adjacent to an activating group) is 1. The molecule has 1 aromatic rings. The summed E-state index contributed by atoms with van der Waals surface area (Å²) in [7, 11) is 1.55. The monoisotopic (exact) mass is 339 g/mol. The molecule has 0 spiro atoms. The SMILES string of the molecule is CN(CC(=O)NC(C)(C)C)C(=O)NCCCOc1ccccc1F. The van der Waals surface area contributed by atoms with Gasteiger partial charge in [-0.3, -0.25) is 4.79 Å². The van der Waals surface area contributed by atoms with Crippen molar-refractivity contribution in [2.45, 2.75) is 32.7 Å². The molecule has 24 heavy (non-hydrogen) atoms. The van der Waals surface area contributed by atoms with E-state index in [4.69, 9.17) is 4.74 Å². The molecule has 3 amide bonds. The summed E-state index contributed by atoms with van der Waals surface area (Å²) in [5.74, 6) is -0.436. The van der Waals surface area contributed by atoms with Crippen LogP contribution in [0.1, 0.15) is 27.2 Å². The van der Waals surface area contributed by atoms with Gasteiger partial charge in [0.15, 0.2) is 11.6 Å². The first kappa shape index (κ1) is 19.7. The van der Waals surface area contributed by atoms with Crippen molar-refractivity contribution in [3.05, 3.63) is 30.1 Å². The minimum absolute atomic E-state index is 0.0190. The fourth-order valence-electron chi connectivity index (χ4n) is 1.89. The number of hydrogen-bond acceptors (Lipinski definition) is 3. The quantitative estimate of drug-likeness (QED) is 0.748. The zero-order valence-electron chi connectivity index (χ0n) is 14.7. The van der Waals surface area contributed by atoms with Crippen LogP contribution in [-0.2, 0) is 4.79 Å². The van der Waals surface area contributed by atoms with Gasteiger partial charge in [-0.2, -0.15) is 0 Å². The van der Waals surface area contributed by atoms with Crippen LogP contribution in [0.4, 0.5) is 9.18 Å². The number of amides is 3. The Labute approximate surface area is 142 Å². The Hall–Kier alpha value is -2.31. The van der Waals surface area contributed by atoms with Crippen LogP contribution in [0.15, 0.2) is 24.3 Å². The lowest BCUT2D eigenvalue weighted by molar-refractivity contribution is -0.122. The average Bonchev–Trinajstić information content (AvgIpc) is 2.46. The topological polar surface area (TPSA) is 70.7 Å². The highest BCUT2D eigenvalue weighted by molar-refractivity contribution is 5.84. The van der Waals surface area contributed by atoms with Gasteiger partial charge in [0.25, 0.3) is 0 Å². The van der Waals surface area contributed by atoms with Crippen LogP contribution >= 0.6 is 0 Å². The van der Waals surface area contributed by atoms with E-state index in [1.807, 2.05) is 20.8 Å². The predicted octanol–water partition coefficient (Wildman–Crippen LogP) is 2.15. The molecular weight excluding hydrogens is 313 g/mol. The largest absolute Gasteiger partial charge is 0.490 e. The molecule has 1 rings (SSSR count). The van der Waals surface area contributed by atoms with Gasteiger partial charge < -0.3 is 20.3 Å². The Morgan fingerprint density at radius 3 is 2.54 bits per heavy atom. The molecule has 0 aliphatic carbocycles. The van der Waals surface area contributed by atoms with E-state index in [2.05, 4.69) is 10.6 Å². The lowest BCUT2D eigenvalue weighted by Crippen LogP contribution is -2.48. The molecule has 0 aromatic heterocycles. The number of urea groups is 1. The van der Waals surface area contributed by atoms with E-state index in [0.29, 0.717) is 13.0 Å². The number of nitrogens with one attached hydrogen (secondary N) is 2. The summed E-state index contributed by atoms with van der Waals surface area (Å²) in [6.45, 7) is 6.27. The van der Waals surface area contributed by atoms with Crippen LogP contribution in [-0.4, -0.2) is 49.1 Å². The first-order valence-corrected chi connectivity index (χ1v) is 7.86. The number of carbonyl (C=O) groups excluding carboxylic acids is 2. The van der Waals surface area contributed by atoms with E-state index in [9.17, 15) is 14.0 Å². The second-order valence-electron chi connectivity index (χ2n) is 6.52. The summed E-state index contributed by atoms with van der Waals surface area (Å²) in [4.78, 5) is 24.9. The number of rotatable bonds is 7. The molecule has 7 heteroatoms. The number of benzene rings is 1. The second-order valence-corrected chi connectivity index (χ2v) is 6.52. The molecule has 6 nitrogen and oxygen atoms in total. The first-order valence-electron chi connectivity index (χ1n) is 7.86. The third-order valence-corrected chi connectivity index (χ3v) is 2.93. The summed E-state index contributed by atoms with van der Waals surface area (Å²) in [5, 5.41) is 5.47. The van der Waals surface area contributed by atoms with Gasteiger partial charge in [0.2, 0.25) is 5.91 Å². The Balaban J connectivity index is 2.21. The zero-order valence-corrected chi connectivity index (χ0v) is 14.7. The van der Waals surface area contributed by atoms with Crippen LogP contribution in [0.3, 0.4) is 0 Å². The molecule has 0 radical (unpaired) electrons. The van der Waals surface area contributed by atoms with Crippen molar-refractivity contribution in [1.29, 1.82) is 0 Å². The maximum Gasteiger partial charge on any atom is 0.317 e. The van der Waals surface area contributed by atoms with Gasteiger partial charge in [0.1, 0.15) is 6.54 Å². The van der Waals surface area contributed by atoms with Gasteiger partial charge in [-0.15, -0.1) is 0 Å². The van der Waals surface area contributed by atoms with Crippen LogP contribution in [0.2, 0.25) is 0 Å². The average molecular weight is 339 g/mol. The van der Waals surface area contributed by atoms with Gasteiger partial charge in [0.05, 0.1) is 6.61 Å². The van der Waals surface area contributed by atoms with E-state index in [-0.39, 0.29) is 36.4 Å². The number of para-hydroxylation sites is 1. The maximum atomic E-state index is 13.3. The van der Waals surface area contributed by atoms with Gasteiger partial charge in [-0.25, -0.2) is 9.18 Å². The highest BCUT2D eigenvalue weighted by atomic mass is 19.1. The van der Waals surface area contributed by atoms with Crippen molar-refractivity contribution in [1.82, 2.24) is 15.5 Å². The molecule has 0 saturated heterocycles. The Morgan fingerprint density at radius 1 is 1.25 bits per heavy atom. The molecule has 134 valence electrons. The van der Waals surface area contributed by atoms with E-state index in [1.165, 1.54) is 11.0 Å². The second kappa shape index (κ2) is 9.10. The standard InChI is InChI=1S/C17H26FN3O3/c1-17(2,3)20-15(22)12-21(4)16(23)19-10-7-11-24-14-9-6-5-8-13(14)18/h5-6,8-9H,7,10-12H2,1-4H3,(H,19,23)(H,20,22). The summed E-state index contributed by atoms with van der Waals surface area (Å²) >= 11 is 0. The maximum absolute atomic E-state index is 13.3. The molecule has 0 aliphatic heterocycles. The smallest absolute Gasteiger partial charge is 0.317 e. The molecule has 0 bridgehead atoms. The van der Waals surface area contributed by atoms with E-state index in [0.717, 1.165) is 0 Å². The third kappa shape index (κ3) is 7.80. The predicted molar refractivity (Wildman–Crippen MR) is 90.4 cm³/mol. The molecule has 2 N–H and O–H groups in total. The van der Waals surface area contributed by atoms with Crippen LogP contribution in [0.25, 0.3) is 0 Å². The lowest BCUT2D eigenvalue weighted by Gasteiger charge is -2.23. The first-order chi connectivity index (χ1) is 11.2. The minimum atomic E-state index is -0.411. The van der Waals surface area contributed by atoms with Crippen molar-refractivity contribution >= 4 is 11.9 Å². The highest BCUT2D eigenvalue weighted by Gasteiger charge is 2.17. The van der Waals surface area contributed by atoms with Crippen LogP contribution < -0.4 is 15.4 Å².